The van der Waals surface area contributed by atoms with Crippen LogP contribution in [0.5, 0.6) is 0 Å². The Balaban J connectivity index is 3.54. The summed E-state index contributed by atoms with van der Waals surface area (Å²) in [5.41, 5.74) is -1.42. The monoisotopic (exact) mass is 283 g/mol. The fourth-order valence-electron chi connectivity index (χ4n) is 0.875. The van der Waals surface area contributed by atoms with Crippen LogP contribution in [0.2, 0.25) is 0 Å². The number of hydrogen-bond acceptors (Lipinski definition) is 6. The summed E-state index contributed by atoms with van der Waals surface area (Å²) >= 11 is -2.34. The number of aliphatic hydroxyl groups is 1. The molecule has 0 aromatic heterocycles. The fraction of sp³-hybridized carbons (Fsp3) is 0.778. The predicted octanol–water partition coefficient (Wildman–Crippen LogP) is -0.0564. The number of hydrogen-bond donors (Lipinski definition) is 3. The molecule has 106 valence electrons. The SMILES string of the molecule is CCCC(=O)OCOC(=O)NCCC(O)S(=O)O. The Morgan fingerprint density at radius 1 is 1.39 bits per heavy atom. The first kappa shape index (κ1) is 16.8. The summed E-state index contributed by atoms with van der Waals surface area (Å²) in [6, 6.07) is 0. The fourth-order valence-corrected chi connectivity index (χ4v) is 1.19. The molecule has 0 heterocycles. The van der Waals surface area contributed by atoms with Crippen LogP contribution in [0.4, 0.5) is 4.79 Å². The van der Waals surface area contributed by atoms with Crippen LogP contribution in [-0.2, 0) is 25.3 Å². The molecule has 1 amide bonds. The highest BCUT2D eigenvalue weighted by Gasteiger charge is 2.11. The normalized spacial score (nSPS) is 13.5. The molecule has 0 aliphatic carbocycles. The zero-order chi connectivity index (χ0) is 14.0. The second kappa shape index (κ2) is 9.80. The van der Waals surface area contributed by atoms with Crippen LogP contribution in [0.3, 0.4) is 0 Å². The smallest absolute Gasteiger partial charge is 0.410 e. The van der Waals surface area contributed by atoms with Gasteiger partial charge in [-0.2, -0.15) is 0 Å². The number of rotatable bonds is 8. The van der Waals surface area contributed by atoms with Crippen molar-refractivity contribution in [3.63, 3.8) is 0 Å². The van der Waals surface area contributed by atoms with Crippen molar-refractivity contribution < 1.29 is 32.9 Å². The minimum atomic E-state index is -2.34. The number of aliphatic hydroxyl groups excluding tert-OH is 1. The molecule has 3 N–H and O–H groups in total. The van der Waals surface area contributed by atoms with Gasteiger partial charge in [0, 0.05) is 19.4 Å². The maximum Gasteiger partial charge on any atom is 0.410 e. The number of carbonyl (C=O) groups excluding carboxylic acids is 2. The topological polar surface area (TPSA) is 122 Å². The van der Waals surface area contributed by atoms with Crippen LogP contribution in [0.15, 0.2) is 0 Å². The lowest BCUT2D eigenvalue weighted by molar-refractivity contribution is -0.151. The molecule has 0 aromatic rings. The molecule has 0 aliphatic rings. The van der Waals surface area contributed by atoms with Crippen LogP contribution >= 0.6 is 0 Å². The minimum Gasteiger partial charge on any atom is -0.428 e. The Labute approximate surface area is 107 Å². The van der Waals surface area contributed by atoms with Crippen LogP contribution in [0.25, 0.3) is 0 Å². The van der Waals surface area contributed by atoms with Gasteiger partial charge in [-0.3, -0.25) is 4.79 Å². The Hall–Kier alpha value is -1.19. The summed E-state index contributed by atoms with van der Waals surface area (Å²) in [6.07, 6.45) is -0.0376. The molecular weight excluding hydrogens is 266 g/mol. The molecule has 2 unspecified atom stereocenters. The molecule has 0 saturated heterocycles. The first-order chi connectivity index (χ1) is 8.47. The van der Waals surface area contributed by atoms with E-state index in [0.717, 1.165) is 0 Å². The summed E-state index contributed by atoms with van der Waals surface area (Å²) in [4.78, 5) is 21.9. The standard InChI is InChI=1S/C9H17NO7S/c1-2-3-7(11)16-6-17-9(13)10-5-4-8(12)18(14)15/h8,12H,2-6H2,1H3,(H,10,13)(H,14,15). The lowest BCUT2D eigenvalue weighted by Gasteiger charge is -2.08. The van der Waals surface area contributed by atoms with E-state index < -0.39 is 35.4 Å². The molecule has 2 atom stereocenters. The van der Waals surface area contributed by atoms with Gasteiger partial charge in [-0.05, 0) is 6.42 Å². The number of ether oxygens (including phenoxy) is 2. The largest absolute Gasteiger partial charge is 0.428 e. The lowest BCUT2D eigenvalue weighted by Crippen LogP contribution is -2.29. The van der Waals surface area contributed by atoms with E-state index in [0.29, 0.717) is 6.42 Å². The van der Waals surface area contributed by atoms with Crippen molar-refractivity contribution in [1.82, 2.24) is 5.32 Å². The van der Waals surface area contributed by atoms with E-state index >= 15 is 0 Å². The molecule has 0 rings (SSSR count). The van der Waals surface area contributed by atoms with Crippen molar-refractivity contribution in [2.45, 2.75) is 31.6 Å². The molecule has 0 radical (unpaired) electrons. The van der Waals surface area contributed by atoms with Gasteiger partial charge in [-0.15, -0.1) is 0 Å². The van der Waals surface area contributed by atoms with E-state index in [9.17, 15) is 13.8 Å². The molecule has 0 bridgehead atoms. The highest BCUT2D eigenvalue weighted by molar-refractivity contribution is 7.79. The van der Waals surface area contributed by atoms with Crippen LogP contribution in [0, 0.1) is 0 Å². The highest BCUT2D eigenvalue weighted by atomic mass is 32.2. The quantitative estimate of drug-likeness (QED) is 0.324. The first-order valence-corrected chi connectivity index (χ1v) is 6.48. The van der Waals surface area contributed by atoms with E-state index in [1.54, 1.807) is 0 Å². The van der Waals surface area contributed by atoms with Gasteiger partial charge >= 0.3 is 12.1 Å². The van der Waals surface area contributed by atoms with E-state index in [2.05, 4.69) is 14.8 Å². The Morgan fingerprint density at radius 2 is 2.06 bits per heavy atom. The molecule has 0 aliphatic heterocycles. The minimum absolute atomic E-state index is 0.0325. The van der Waals surface area contributed by atoms with E-state index in [1.165, 1.54) is 0 Å². The predicted molar refractivity (Wildman–Crippen MR) is 61.7 cm³/mol. The maximum absolute atomic E-state index is 11.0. The number of nitrogens with one attached hydrogen (secondary N) is 1. The maximum atomic E-state index is 11.0. The molecule has 0 fully saturated rings. The highest BCUT2D eigenvalue weighted by Crippen LogP contribution is 1.94. The van der Waals surface area contributed by atoms with Crippen molar-refractivity contribution in [2.24, 2.45) is 0 Å². The number of esters is 1. The Bertz CT molecular complexity index is 297. The van der Waals surface area contributed by atoms with Gasteiger partial charge < -0.3 is 24.4 Å². The molecule has 8 nitrogen and oxygen atoms in total. The van der Waals surface area contributed by atoms with E-state index in [4.69, 9.17) is 9.66 Å². The van der Waals surface area contributed by atoms with Gasteiger partial charge in [0.1, 0.15) is 0 Å². The molecule has 9 heteroatoms. The van der Waals surface area contributed by atoms with E-state index in [1.807, 2.05) is 6.92 Å². The van der Waals surface area contributed by atoms with Gasteiger partial charge in [0.2, 0.25) is 6.79 Å². The zero-order valence-corrected chi connectivity index (χ0v) is 10.8. The summed E-state index contributed by atoms with van der Waals surface area (Å²) in [6.45, 7) is 1.29. The van der Waals surface area contributed by atoms with Crippen molar-refractivity contribution >= 4 is 23.1 Å². The van der Waals surface area contributed by atoms with Crippen LogP contribution < -0.4 is 5.32 Å². The van der Waals surface area contributed by atoms with Crippen molar-refractivity contribution in [3.8, 4) is 0 Å². The molecule has 0 spiro atoms. The third-order valence-electron chi connectivity index (χ3n) is 1.76. The number of alkyl carbamates (subject to hydrolysis) is 1. The first-order valence-electron chi connectivity index (χ1n) is 5.31. The number of amides is 1. The lowest BCUT2D eigenvalue weighted by atomic mass is 10.3. The second-order valence-corrected chi connectivity index (χ2v) is 4.36. The van der Waals surface area contributed by atoms with E-state index in [-0.39, 0.29) is 19.4 Å². The van der Waals surface area contributed by atoms with Crippen LogP contribution in [-0.4, -0.2) is 44.7 Å². The third-order valence-corrected chi connectivity index (χ3v) is 2.46. The summed E-state index contributed by atoms with van der Waals surface area (Å²) in [5.74, 6) is -0.462. The van der Waals surface area contributed by atoms with Gasteiger partial charge in [0.15, 0.2) is 16.5 Å². The van der Waals surface area contributed by atoms with Crippen molar-refractivity contribution in [2.75, 3.05) is 13.3 Å². The van der Waals surface area contributed by atoms with Crippen molar-refractivity contribution in [1.29, 1.82) is 0 Å². The average Bonchev–Trinajstić information content (AvgIpc) is 2.29. The summed E-state index contributed by atoms with van der Waals surface area (Å²) in [7, 11) is 0. The zero-order valence-electron chi connectivity index (χ0n) is 9.96. The van der Waals surface area contributed by atoms with Gasteiger partial charge in [-0.25, -0.2) is 9.00 Å². The third kappa shape index (κ3) is 8.90. The summed E-state index contributed by atoms with van der Waals surface area (Å²) < 4.78 is 27.9. The Kier molecular flexibility index (Phi) is 9.15. The molecular formula is C9H17NO7S. The van der Waals surface area contributed by atoms with Gasteiger partial charge in [0.05, 0.1) is 0 Å². The van der Waals surface area contributed by atoms with Gasteiger partial charge in [0.25, 0.3) is 0 Å². The van der Waals surface area contributed by atoms with Gasteiger partial charge in [-0.1, -0.05) is 6.92 Å². The van der Waals surface area contributed by atoms with Crippen molar-refractivity contribution in [3.05, 3.63) is 0 Å². The average molecular weight is 283 g/mol. The summed E-state index contributed by atoms with van der Waals surface area (Å²) in [5, 5.41) is 11.2. The molecule has 18 heavy (non-hydrogen) atoms. The Morgan fingerprint density at radius 3 is 2.61 bits per heavy atom. The number of carbonyl (C=O) groups is 2. The molecule has 0 saturated carbocycles. The van der Waals surface area contributed by atoms with Crippen LogP contribution in [0.1, 0.15) is 26.2 Å². The second-order valence-electron chi connectivity index (χ2n) is 3.26. The molecule has 0 aromatic carbocycles.